The molecule has 2 saturated carbocycles. The van der Waals surface area contributed by atoms with E-state index in [1.807, 2.05) is 6.92 Å². The minimum absolute atomic E-state index is 0.0149. The van der Waals surface area contributed by atoms with Crippen LogP contribution in [0.15, 0.2) is 60.7 Å². The number of hydrogen-bond acceptors (Lipinski definition) is 2. The number of unbranched alkanes of at least 4 members (excludes halogenated alkanes) is 2. The van der Waals surface area contributed by atoms with Crippen molar-refractivity contribution in [2.24, 2.45) is 23.7 Å². The fourth-order valence-electron chi connectivity index (χ4n) is 8.13. The molecule has 0 saturated heterocycles. The molecule has 0 unspecified atom stereocenters. The van der Waals surface area contributed by atoms with Crippen LogP contribution in [-0.4, -0.2) is 6.11 Å². The lowest BCUT2D eigenvalue weighted by Gasteiger charge is -2.39. The Bertz CT molecular complexity index is 1930. The highest BCUT2D eigenvalue weighted by Crippen LogP contribution is 2.46. The molecule has 4 aromatic rings. The molecular weight excluding hydrogens is 800 g/mol. The maximum Gasteiger partial charge on any atom is 0.432 e. The molecule has 0 aromatic heterocycles. The second-order valence-corrected chi connectivity index (χ2v) is 15.4. The summed E-state index contributed by atoms with van der Waals surface area (Å²) in [5.41, 5.74) is -0.346. The first kappa shape index (κ1) is 45.7. The van der Waals surface area contributed by atoms with E-state index in [4.69, 9.17) is 0 Å². The van der Waals surface area contributed by atoms with E-state index in [2.05, 4.69) is 16.4 Å². The minimum atomic E-state index is -4.62. The maximum atomic E-state index is 14.6. The molecule has 4 aromatic carbocycles. The third-order valence-corrected chi connectivity index (χ3v) is 11.5. The number of hydrogen-bond donors (Lipinski definition) is 0. The van der Waals surface area contributed by atoms with Gasteiger partial charge in [-0.25, -0.2) is 35.1 Å². The molecule has 0 amide bonds. The van der Waals surface area contributed by atoms with Crippen molar-refractivity contribution in [1.82, 2.24) is 0 Å². The smallest absolute Gasteiger partial charge is 0.432 e. The standard InChI is InChI=1S/C24H33F5O.C21H13F7O/c1-2-3-4-5-16-6-8-17(9-7-16)18-10-12-19(13-11-18)24(28,29)30-20-14-21(25)23(27)22(26)15-20;1-2-11-3-5-12(6-4-11)13-7-15(22)19(16(23)8-13)21(27,28)29-14-9-17(24)20(26)18(25)10-14/h14-19H,2-13H2,1H3;3-10H,2H2,1H3. The van der Waals surface area contributed by atoms with E-state index in [0.717, 1.165) is 30.7 Å². The summed E-state index contributed by atoms with van der Waals surface area (Å²) in [5, 5.41) is 0. The second kappa shape index (κ2) is 19.8. The van der Waals surface area contributed by atoms with Crippen molar-refractivity contribution in [3.8, 4) is 22.6 Å². The van der Waals surface area contributed by atoms with Crippen LogP contribution < -0.4 is 9.47 Å². The van der Waals surface area contributed by atoms with E-state index in [9.17, 15) is 52.7 Å². The SMILES string of the molecule is CCCCCC1CCC(C2CCC(C(F)(F)Oc3cc(F)c(F)c(F)c3)CC2)CC1.CCc1ccc(-c2cc(F)c(C(F)(F)Oc3cc(F)c(F)c(F)c3)c(F)c2)cc1. The monoisotopic (exact) mass is 846 g/mol. The molecule has 59 heavy (non-hydrogen) atoms. The lowest BCUT2D eigenvalue weighted by Crippen LogP contribution is -2.38. The zero-order valence-corrected chi connectivity index (χ0v) is 32.6. The van der Waals surface area contributed by atoms with Crippen molar-refractivity contribution in [2.75, 3.05) is 0 Å². The largest absolute Gasteiger partial charge is 0.432 e. The Balaban J connectivity index is 0.000000224. The molecule has 0 spiro atoms. The molecule has 0 radical (unpaired) electrons. The molecule has 6 rings (SSSR count). The molecule has 14 heteroatoms. The number of ether oxygens (including phenoxy) is 2. The lowest BCUT2D eigenvalue weighted by atomic mass is 9.68. The van der Waals surface area contributed by atoms with Crippen LogP contribution in [0.5, 0.6) is 11.5 Å². The Morgan fingerprint density at radius 1 is 0.525 bits per heavy atom. The van der Waals surface area contributed by atoms with E-state index in [1.54, 1.807) is 24.3 Å². The third kappa shape index (κ3) is 11.7. The number of rotatable bonds is 13. The fourth-order valence-corrected chi connectivity index (χ4v) is 8.13. The summed E-state index contributed by atoms with van der Waals surface area (Å²) >= 11 is 0. The van der Waals surface area contributed by atoms with Crippen molar-refractivity contribution < 1.29 is 62.2 Å². The minimum Gasteiger partial charge on any atom is -0.432 e. The summed E-state index contributed by atoms with van der Waals surface area (Å²) in [5.74, 6) is -14.3. The van der Waals surface area contributed by atoms with Gasteiger partial charge in [0.1, 0.15) is 28.7 Å². The van der Waals surface area contributed by atoms with Gasteiger partial charge < -0.3 is 9.47 Å². The summed E-state index contributed by atoms with van der Waals surface area (Å²) in [4.78, 5) is 0. The second-order valence-electron chi connectivity index (χ2n) is 15.4. The van der Waals surface area contributed by atoms with Crippen LogP contribution in [0.3, 0.4) is 0 Å². The van der Waals surface area contributed by atoms with Crippen LogP contribution in [0, 0.1) is 70.2 Å². The first-order valence-corrected chi connectivity index (χ1v) is 19.9. The number of halogens is 12. The average Bonchev–Trinajstić information content (AvgIpc) is 3.19. The molecule has 0 atom stereocenters. The summed E-state index contributed by atoms with van der Waals surface area (Å²) in [6.45, 7) is 4.14. The Hall–Kier alpha value is -4.36. The third-order valence-electron chi connectivity index (χ3n) is 11.5. The highest BCUT2D eigenvalue weighted by atomic mass is 19.3. The Labute approximate surface area is 335 Å². The van der Waals surface area contributed by atoms with Crippen LogP contribution in [0.2, 0.25) is 0 Å². The van der Waals surface area contributed by atoms with Crippen LogP contribution in [0.1, 0.15) is 102 Å². The zero-order valence-electron chi connectivity index (χ0n) is 32.6. The summed E-state index contributed by atoms with van der Waals surface area (Å²) in [6.07, 6.45) is 4.85. The molecule has 0 bridgehead atoms. The highest BCUT2D eigenvalue weighted by molar-refractivity contribution is 5.64. The molecule has 0 N–H and O–H groups in total. The first-order valence-electron chi connectivity index (χ1n) is 19.9. The molecule has 322 valence electrons. The van der Waals surface area contributed by atoms with Crippen molar-refractivity contribution in [2.45, 2.75) is 110 Å². The molecular formula is C45H46F12O2. The van der Waals surface area contributed by atoms with Crippen molar-refractivity contribution in [1.29, 1.82) is 0 Å². The van der Waals surface area contributed by atoms with Gasteiger partial charge in [-0.15, -0.1) is 0 Å². The van der Waals surface area contributed by atoms with Crippen molar-refractivity contribution in [3.05, 3.63) is 118 Å². The maximum absolute atomic E-state index is 14.6. The van der Waals surface area contributed by atoms with Crippen molar-refractivity contribution >= 4 is 0 Å². The summed E-state index contributed by atoms with van der Waals surface area (Å²) in [7, 11) is 0. The normalized spacial score (nSPS) is 19.8. The topological polar surface area (TPSA) is 18.5 Å². The molecule has 2 fully saturated rings. The van der Waals surface area contributed by atoms with Gasteiger partial charge in [-0.3, -0.25) is 0 Å². The van der Waals surface area contributed by atoms with Crippen LogP contribution in [-0.2, 0) is 12.5 Å². The van der Waals surface area contributed by atoms with Gasteiger partial charge in [0, 0.05) is 24.3 Å². The van der Waals surface area contributed by atoms with E-state index >= 15 is 0 Å². The van der Waals surface area contributed by atoms with Crippen LogP contribution in [0.4, 0.5) is 52.7 Å². The van der Waals surface area contributed by atoms with Gasteiger partial charge in [-0.1, -0.05) is 76.6 Å². The number of aryl methyl sites for hydroxylation is 1. The van der Waals surface area contributed by atoms with Crippen molar-refractivity contribution in [3.63, 3.8) is 0 Å². The van der Waals surface area contributed by atoms with E-state index in [0.29, 0.717) is 54.5 Å². The van der Waals surface area contributed by atoms with Gasteiger partial charge in [0.15, 0.2) is 34.9 Å². The lowest BCUT2D eigenvalue weighted by molar-refractivity contribution is -0.224. The predicted octanol–water partition coefficient (Wildman–Crippen LogP) is 15.0. The Morgan fingerprint density at radius 2 is 0.983 bits per heavy atom. The van der Waals surface area contributed by atoms with Gasteiger partial charge >= 0.3 is 12.2 Å². The molecule has 2 aliphatic carbocycles. The zero-order chi connectivity index (χ0) is 43.1. The number of benzene rings is 4. The predicted molar refractivity (Wildman–Crippen MR) is 199 cm³/mol. The van der Waals surface area contributed by atoms with E-state index in [1.165, 1.54) is 51.4 Å². The molecule has 0 aliphatic heterocycles. The fraction of sp³-hybridized carbons (Fsp3) is 0.467. The van der Waals surface area contributed by atoms with Gasteiger partial charge in [0.2, 0.25) is 0 Å². The number of alkyl halides is 4. The van der Waals surface area contributed by atoms with Crippen LogP contribution in [0.25, 0.3) is 11.1 Å². The quantitative estimate of drug-likeness (QED) is 0.0758. The molecule has 2 aliphatic rings. The van der Waals surface area contributed by atoms with E-state index in [-0.39, 0.29) is 17.7 Å². The van der Waals surface area contributed by atoms with Gasteiger partial charge in [0.25, 0.3) is 0 Å². The first-order chi connectivity index (χ1) is 27.9. The van der Waals surface area contributed by atoms with E-state index < -0.39 is 81.7 Å². The molecule has 0 heterocycles. The average molecular weight is 847 g/mol. The highest BCUT2D eigenvalue weighted by Gasteiger charge is 2.45. The Morgan fingerprint density at radius 3 is 1.44 bits per heavy atom. The summed E-state index contributed by atoms with van der Waals surface area (Å²) in [6, 6.07) is 9.26. The summed E-state index contributed by atoms with van der Waals surface area (Å²) < 4.78 is 174. The Kier molecular flexibility index (Phi) is 15.3. The van der Waals surface area contributed by atoms with Gasteiger partial charge in [0.05, 0.1) is 5.92 Å². The van der Waals surface area contributed by atoms with Gasteiger partial charge in [-0.2, -0.15) is 17.6 Å². The van der Waals surface area contributed by atoms with Crippen LogP contribution >= 0.6 is 0 Å². The molecule has 2 nitrogen and oxygen atoms in total. The van der Waals surface area contributed by atoms with Gasteiger partial charge in [-0.05, 0) is 91.5 Å².